The molecule has 0 spiro atoms. The van der Waals surface area contributed by atoms with Crippen molar-refractivity contribution in [2.45, 2.75) is 45.6 Å². The highest BCUT2D eigenvalue weighted by Crippen LogP contribution is 2.16. The highest BCUT2D eigenvalue weighted by molar-refractivity contribution is 5.78. The monoisotopic (exact) mass is 285 g/mol. The molecule has 6 heteroatoms. The number of hydrogen-bond donors (Lipinski definition) is 2. The van der Waals surface area contributed by atoms with Crippen molar-refractivity contribution in [1.82, 2.24) is 10.2 Å². The van der Waals surface area contributed by atoms with Crippen molar-refractivity contribution in [3.8, 4) is 0 Å². The molecule has 1 saturated heterocycles. The van der Waals surface area contributed by atoms with Gasteiger partial charge in [-0.3, -0.25) is 4.79 Å². The Morgan fingerprint density at radius 2 is 2.15 bits per heavy atom. The van der Waals surface area contributed by atoms with Gasteiger partial charge in [0.05, 0.1) is 0 Å². The molecular formula is C14H27N3O3. The number of carbonyl (C=O) groups excluding carboxylic acids is 2. The highest BCUT2D eigenvalue weighted by Gasteiger charge is 2.27. The topological polar surface area (TPSA) is 84.7 Å². The van der Waals surface area contributed by atoms with Crippen LogP contribution in [0.1, 0.15) is 40.0 Å². The SMILES string of the molecule is CC(C)(C)OC(=O)NCCCCN1CC(CN)CC1=O. The van der Waals surface area contributed by atoms with Crippen LogP contribution in [0, 0.1) is 5.92 Å². The van der Waals surface area contributed by atoms with E-state index >= 15 is 0 Å². The molecule has 20 heavy (non-hydrogen) atoms. The van der Waals surface area contributed by atoms with Gasteiger partial charge in [0, 0.05) is 26.1 Å². The van der Waals surface area contributed by atoms with E-state index in [-0.39, 0.29) is 5.91 Å². The lowest BCUT2D eigenvalue weighted by molar-refractivity contribution is -0.127. The second kappa shape index (κ2) is 7.47. The van der Waals surface area contributed by atoms with Gasteiger partial charge in [0.1, 0.15) is 5.60 Å². The van der Waals surface area contributed by atoms with Crippen molar-refractivity contribution in [3.63, 3.8) is 0 Å². The smallest absolute Gasteiger partial charge is 0.407 e. The molecule has 0 aliphatic carbocycles. The number of alkyl carbamates (subject to hydrolysis) is 1. The van der Waals surface area contributed by atoms with E-state index in [1.165, 1.54) is 0 Å². The second-order valence-electron chi connectivity index (χ2n) is 6.28. The molecule has 1 fully saturated rings. The maximum absolute atomic E-state index is 11.7. The normalized spacial score (nSPS) is 19.3. The average molecular weight is 285 g/mol. The summed E-state index contributed by atoms with van der Waals surface area (Å²) in [7, 11) is 0. The number of nitrogens with two attached hydrogens (primary N) is 1. The van der Waals surface area contributed by atoms with Crippen LogP contribution < -0.4 is 11.1 Å². The van der Waals surface area contributed by atoms with Crippen LogP contribution in [0.3, 0.4) is 0 Å². The third kappa shape index (κ3) is 6.23. The molecule has 0 bridgehead atoms. The molecule has 1 rings (SSSR count). The summed E-state index contributed by atoms with van der Waals surface area (Å²) in [6, 6.07) is 0. The molecule has 1 aliphatic rings. The molecule has 1 unspecified atom stereocenters. The molecule has 0 saturated carbocycles. The standard InChI is InChI=1S/C14H27N3O3/c1-14(2,3)20-13(19)16-6-4-5-7-17-10-11(9-15)8-12(17)18/h11H,4-10,15H2,1-3H3,(H,16,19). The van der Waals surface area contributed by atoms with Crippen LogP contribution in [0.4, 0.5) is 4.79 Å². The molecule has 0 radical (unpaired) electrons. The molecular weight excluding hydrogens is 258 g/mol. The van der Waals surface area contributed by atoms with Gasteiger partial charge in [-0.25, -0.2) is 4.79 Å². The third-order valence-electron chi connectivity index (χ3n) is 3.15. The van der Waals surface area contributed by atoms with E-state index in [4.69, 9.17) is 10.5 Å². The van der Waals surface area contributed by atoms with Crippen LogP contribution >= 0.6 is 0 Å². The summed E-state index contributed by atoms with van der Waals surface area (Å²) in [5, 5.41) is 2.71. The first-order chi connectivity index (χ1) is 9.31. The number of nitrogens with one attached hydrogen (secondary N) is 1. The zero-order valence-electron chi connectivity index (χ0n) is 12.8. The molecule has 1 heterocycles. The van der Waals surface area contributed by atoms with Gasteiger partial charge in [-0.05, 0) is 46.1 Å². The first kappa shape index (κ1) is 16.8. The van der Waals surface area contributed by atoms with Gasteiger partial charge in [-0.1, -0.05) is 0 Å². The number of amides is 2. The predicted molar refractivity (Wildman–Crippen MR) is 77.2 cm³/mol. The molecule has 1 aliphatic heterocycles. The Balaban J connectivity index is 2.08. The maximum Gasteiger partial charge on any atom is 0.407 e. The van der Waals surface area contributed by atoms with E-state index in [9.17, 15) is 9.59 Å². The van der Waals surface area contributed by atoms with E-state index < -0.39 is 11.7 Å². The van der Waals surface area contributed by atoms with E-state index in [0.717, 1.165) is 25.9 Å². The fourth-order valence-corrected chi connectivity index (χ4v) is 2.16. The summed E-state index contributed by atoms with van der Waals surface area (Å²) in [6.07, 6.45) is 1.89. The van der Waals surface area contributed by atoms with Crippen molar-refractivity contribution in [1.29, 1.82) is 0 Å². The van der Waals surface area contributed by atoms with Crippen molar-refractivity contribution < 1.29 is 14.3 Å². The van der Waals surface area contributed by atoms with Crippen LogP contribution in [-0.2, 0) is 9.53 Å². The minimum atomic E-state index is -0.469. The van der Waals surface area contributed by atoms with Crippen LogP contribution in [0.25, 0.3) is 0 Å². The number of hydrogen-bond acceptors (Lipinski definition) is 4. The van der Waals surface area contributed by atoms with Crippen LogP contribution in [-0.4, -0.2) is 48.7 Å². The first-order valence-electron chi connectivity index (χ1n) is 7.26. The van der Waals surface area contributed by atoms with Gasteiger partial charge in [0.15, 0.2) is 0 Å². The minimum absolute atomic E-state index is 0.195. The first-order valence-corrected chi connectivity index (χ1v) is 7.26. The van der Waals surface area contributed by atoms with Crippen LogP contribution in [0.5, 0.6) is 0 Å². The molecule has 1 atom stereocenters. The molecule has 2 amide bonds. The van der Waals surface area contributed by atoms with E-state index in [0.29, 0.717) is 25.4 Å². The van der Waals surface area contributed by atoms with E-state index in [1.807, 2.05) is 25.7 Å². The number of rotatable bonds is 6. The molecule has 6 nitrogen and oxygen atoms in total. The number of unbranched alkanes of at least 4 members (excludes halogenated alkanes) is 1. The largest absolute Gasteiger partial charge is 0.444 e. The van der Waals surface area contributed by atoms with Gasteiger partial charge >= 0.3 is 6.09 Å². The van der Waals surface area contributed by atoms with Gasteiger partial charge in [0.2, 0.25) is 5.91 Å². The van der Waals surface area contributed by atoms with Gasteiger partial charge in [-0.15, -0.1) is 0 Å². The number of likely N-dealkylation sites (tertiary alicyclic amines) is 1. The second-order valence-corrected chi connectivity index (χ2v) is 6.28. The Bertz CT molecular complexity index is 339. The van der Waals surface area contributed by atoms with Gasteiger partial charge in [0.25, 0.3) is 0 Å². The lowest BCUT2D eigenvalue weighted by Crippen LogP contribution is -2.33. The van der Waals surface area contributed by atoms with E-state index in [1.54, 1.807) is 0 Å². The van der Waals surface area contributed by atoms with Gasteiger partial charge in [-0.2, -0.15) is 0 Å². The fraction of sp³-hybridized carbons (Fsp3) is 0.857. The minimum Gasteiger partial charge on any atom is -0.444 e. The summed E-state index contributed by atoms with van der Waals surface area (Å²) in [6.45, 7) is 8.15. The molecule has 0 aromatic heterocycles. The zero-order valence-corrected chi connectivity index (χ0v) is 12.8. The molecule has 0 aromatic carbocycles. The molecule has 3 N–H and O–H groups in total. The number of nitrogens with zero attached hydrogens (tertiary/aromatic N) is 1. The number of carbonyl (C=O) groups is 2. The predicted octanol–water partition coefficient (Wildman–Crippen LogP) is 1.10. The average Bonchev–Trinajstić information content (AvgIpc) is 2.67. The molecule has 0 aromatic rings. The maximum atomic E-state index is 11.7. The summed E-state index contributed by atoms with van der Waals surface area (Å²) in [4.78, 5) is 24.9. The molecule has 116 valence electrons. The lowest BCUT2D eigenvalue weighted by atomic mass is 10.1. The van der Waals surface area contributed by atoms with Crippen LogP contribution in [0.2, 0.25) is 0 Å². The van der Waals surface area contributed by atoms with Crippen molar-refractivity contribution in [2.24, 2.45) is 11.7 Å². The Labute approximate surface area is 121 Å². The van der Waals surface area contributed by atoms with Crippen molar-refractivity contribution in [2.75, 3.05) is 26.2 Å². The third-order valence-corrected chi connectivity index (χ3v) is 3.15. The van der Waals surface area contributed by atoms with Gasteiger partial charge < -0.3 is 20.7 Å². The highest BCUT2D eigenvalue weighted by atomic mass is 16.6. The quantitative estimate of drug-likeness (QED) is 0.716. The zero-order chi connectivity index (χ0) is 15.2. The summed E-state index contributed by atoms with van der Waals surface area (Å²) in [5.41, 5.74) is 5.11. The number of ether oxygens (including phenoxy) is 1. The Morgan fingerprint density at radius 1 is 1.45 bits per heavy atom. The van der Waals surface area contributed by atoms with E-state index in [2.05, 4.69) is 5.32 Å². The summed E-state index contributed by atoms with van der Waals surface area (Å²) < 4.78 is 5.13. The Kier molecular flexibility index (Phi) is 6.26. The lowest BCUT2D eigenvalue weighted by Gasteiger charge is -2.20. The Hall–Kier alpha value is -1.30. The van der Waals surface area contributed by atoms with Crippen molar-refractivity contribution in [3.05, 3.63) is 0 Å². The summed E-state index contributed by atoms with van der Waals surface area (Å²) >= 11 is 0. The van der Waals surface area contributed by atoms with Crippen molar-refractivity contribution >= 4 is 12.0 Å². The van der Waals surface area contributed by atoms with Crippen LogP contribution in [0.15, 0.2) is 0 Å². The fourth-order valence-electron chi connectivity index (χ4n) is 2.16. The summed E-state index contributed by atoms with van der Waals surface area (Å²) in [5.74, 6) is 0.503. The Morgan fingerprint density at radius 3 is 2.70 bits per heavy atom.